The molecule has 0 aliphatic heterocycles. The van der Waals surface area contributed by atoms with Crippen LogP contribution in [0.4, 0.5) is 0 Å². The molecular weight excluding hydrogens is 128 g/mol. The largest absolute Gasteiger partial charge is 0.507 e. The standard InChI is InChI=1S/C4H6O5/c5-2(4(8)9)1-3(6)7/h1,4-5,8-9H,(H,6,7). The molecule has 0 aromatic rings. The van der Waals surface area contributed by atoms with Crippen LogP contribution in [0.15, 0.2) is 11.8 Å². The van der Waals surface area contributed by atoms with Crippen LogP contribution in [0.2, 0.25) is 0 Å². The van der Waals surface area contributed by atoms with E-state index >= 15 is 0 Å². The van der Waals surface area contributed by atoms with Crippen molar-refractivity contribution in [2.45, 2.75) is 6.29 Å². The summed E-state index contributed by atoms with van der Waals surface area (Å²) in [5.41, 5.74) is 0. The summed E-state index contributed by atoms with van der Waals surface area (Å²) >= 11 is 0. The smallest absolute Gasteiger partial charge is 0.331 e. The van der Waals surface area contributed by atoms with Crippen molar-refractivity contribution in [3.8, 4) is 0 Å². The van der Waals surface area contributed by atoms with Gasteiger partial charge in [0.15, 0.2) is 5.76 Å². The average Bonchev–Trinajstić information content (AvgIpc) is 1.63. The maximum atomic E-state index is 9.66. The molecule has 0 amide bonds. The molecule has 5 heteroatoms. The van der Waals surface area contributed by atoms with E-state index in [0.29, 0.717) is 6.08 Å². The van der Waals surface area contributed by atoms with Crippen molar-refractivity contribution in [2.24, 2.45) is 0 Å². The summed E-state index contributed by atoms with van der Waals surface area (Å²) in [6.07, 6.45) is -1.81. The van der Waals surface area contributed by atoms with Crippen LogP contribution >= 0.6 is 0 Å². The third kappa shape index (κ3) is 3.51. The average molecular weight is 134 g/mol. The number of hydrogen-bond acceptors (Lipinski definition) is 4. The summed E-state index contributed by atoms with van der Waals surface area (Å²) < 4.78 is 0. The lowest BCUT2D eigenvalue weighted by Gasteiger charge is -1.97. The fourth-order valence-electron chi connectivity index (χ4n) is 0.201. The van der Waals surface area contributed by atoms with E-state index < -0.39 is 18.0 Å². The van der Waals surface area contributed by atoms with E-state index in [2.05, 4.69) is 0 Å². The molecule has 9 heavy (non-hydrogen) atoms. The van der Waals surface area contributed by atoms with Crippen molar-refractivity contribution in [1.82, 2.24) is 0 Å². The summed E-state index contributed by atoms with van der Waals surface area (Å²) in [5.74, 6) is -2.41. The maximum absolute atomic E-state index is 9.66. The number of carboxylic acids is 1. The molecule has 0 saturated carbocycles. The minimum Gasteiger partial charge on any atom is -0.507 e. The number of hydrogen-bond donors (Lipinski definition) is 4. The van der Waals surface area contributed by atoms with E-state index in [9.17, 15) is 4.79 Å². The quantitative estimate of drug-likeness (QED) is 0.216. The second-order valence-corrected chi connectivity index (χ2v) is 1.28. The molecular formula is C4H6O5. The molecule has 0 aromatic heterocycles. The minimum absolute atomic E-state index is 0.296. The first-order valence-corrected chi connectivity index (χ1v) is 2.03. The Bertz CT molecular complexity index is 136. The Morgan fingerprint density at radius 1 is 1.33 bits per heavy atom. The van der Waals surface area contributed by atoms with Crippen LogP contribution in [-0.4, -0.2) is 32.7 Å². The lowest BCUT2D eigenvalue weighted by atomic mass is 10.4. The van der Waals surface area contributed by atoms with Crippen LogP contribution in [0.1, 0.15) is 0 Å². The lowest BCUT2D eigenvalue weighted by Crippen LogP contribution is -2.09. The first kappa shape index (κ1) is 7.93. The van der Waals surface area contributed by atoms with Crippen molar-refractivity contribution < 1.29 is 25.2 Å². The molecule has 0 aliphatic rings. The zero-order chi connectivity index (χ0) is 7.44. The second kappa shape index (κ2) is 3.06. The van der Waals surface area contributed by atoms with Gasteiger partial charge >= 0.3 is 5.97 Å². The highest BCUT2D eigenvalue weighted by molar-refractivity contribution is 5.80. The summed E-state index contributed by atoms with van der Waals surface area (Å²) in [4.78, 5) is 9.66. The molecule has 0 radical (unpaired) electrons. The molecule has 0 saturated heterocycles. The Hall–Kier alpha value is -1.07. The number of aliphatic hydroxyl groups is 3. The maximum Gasteiger partial charge on any atom is 0.331 e. The number of aliphatic carboxylic acids is 1. The molecule has 5 nitrogen and oxygen atoms in total. The highest BCUT2D eigenvalue weighted by atomic mass is 16.5. The van der Waals surface area contributed by atoms with E-state index in [-0.39, 0.29) is 0 Å². The first-order valence-electron chi connectivity index (χ1n) is 2.03. The zero-order valence-corrected chi connectivity index (χ0v) is 4.35. The van der Waals surface area contributed by atoms with Crippen LogP contribution in [0.3, 0.4) is 0 Å². The summed E-state index contributed by atoms with van der Waals surface area (Å²) in [6.45, 7) is 0. The fraction of sp³-hybridized carbons (Fsp3) is 0.250. The Labute approximate surface area is 50.5 Å². The van der Waals surface area contributed by atoms with E-state index in [4.69, 9.17) is 20.4 Å². The lowest BCUT2D eigenvalue weighted by molar-refractivity contribution is -0.132. The number of rotatable bonds is 2. The van der Waals surface area contributed by atoms with Crippen LogP contribution in [0.5, 0.6) is 0 Å². The predicted molar refractivity (Wildman–Crippen MR) is 26.6 cm³/mol. The summed E-state index contributed by atoms with van der Waals surface area (Å²) in [7, 11) is 0. The molecule has 0 atom stereocenters. The van der Waals surface area contributed by atoms with E-state index in [1.165, 1.54) is 0 Å². The van der Waals surface area contributed by atoms with Crippen LogP contribution in [0, 0.1) is 0 Å². The first-order chi connectivity index (χ1) is 4.04. The molecule has 0 rings (SSSR count). The van der Waals surface area contributed by atoms with Gasteiger partial charge in [0, 0.05) is 0 Å². The predicted octanol–water partition coefficient (Wildman–Crippen LogP) is -1.18. The Balaban J connectivity index is 4.00. The number of aliphatic hydroxyl groups excluding tert-OH is 2. The van der Waals surface area contributed by atoms with Crippen molar-refractivity contribution in [3.63, 3.8) is 0 Å². The fourth-order valence-corrected chi connectivity index (χ4v) is 0.201. The van der Waals surface area contributed by atoms with Crippen molar-refractivity contribution in [3.05, 3.63) is 11.8 Å². The molecule has 52 valence electrons. The van der Waals surface area contributed by atoms with Gasteiger partial charge in [0.1, 0.15) is 0 Å². The van der Waals surface area contributed by atoms with Crippen molar-refractivity contribution in [2.75, 3.05) is 0 Å². The van der Waals surface area contributed by atoms with Gasteiger partial charge in [0.2, 0.25) is 6.29 Å². The van der Waals surface area contributed by atoms with Crippen LogP contribution in [0.25, 0.3) is 0 Å². The molecule has 0 unspecified atom stereocenters. The minimum atomic E-state index is -2.11. The second-order valence-electron chi connectivity index (χ2n) is 1.28. The molecule has 0 aromatic carbocycles. The number of carboxylic acid groups (broad SMARTS) is 1. The normalized spacial score (nSPS) is 12.1. The summed E-state index contributed by atoms with van der Waals surface area (Å²) in [6, 6.07) is 0. The molecule has 0 heterocycles. The SMILES string of the molecule is O=C(O)C=C(O)C(O)O. The van der Waals surface area contributed by atoms with Crippen LogP contribution in [-0.2, 0) is 4.79 Å². The van der Waals surface area contributed by atoms with Gasteiger partial charge in [-0.05, 0) is 0 Å². The highest BCUT2D eigenvalue weighted by Crippen LogP contribution is 1.91. The Kier molecular flexibility index (Phi) is 2.69. The Morgan fingerprint density at radius 3 is 1.89 bits per heavy atom. The topological polar surface area (TPSA) is 98.0 Å². The van der Waals surface area contributed by atoms with Gasteiger partial charge in [0.25, 0.3) is 0 Å². The van der Waals surface area contributed by atoms with Crippen LogP contribution < -0.4 is 0 Å². The monoisotopic (exact) mass is 134 g/mol. The van der Waals surface area contributed by atoms with Gasteiger partial charge in [-0.3, -0.25) is 0 Å². The zero-order valence-electron chi connectivity index (χ0n) is 4.35. The van der Waals surface area contributed by atoms with Gasteiger partial charge in [-0.1, -0.05) is 0 Å². The van der Waals surface area contributed by atoms with E-state index in [1.54, 1.807) is 0 Å². The molecule has 4 N–H and O–H groups in total. The summed E-state index contributed by atoms with van der Waals surface area (Å²) in [5, 5.41) is 32.2. The number of carbonyl (C=O) groups is 1. The van der Waals surface area contributed by atoms with Crippen molar-refractivity contribution in [1.29, 1.82) is 0 Å². The highest BCUT2D eigenvalue weighted by Gasteiger charge is 2.04. The molecule has 0 aliphatic carbocycles. The van der Waals surface area contributed by atoms with Gasteiger partial charge in [-0.2, -0.15) is 0 Å². The van der Waals surface area contributed by atoms with E-state index in [0.717, 1.165) is 0 Å². The van der Waals surface area contributed by atoms with E-state index in [1.807, 2.05) is 0 Å². The van der Waals surface area contributed by atoms with Gasteiger partial charge in [-0.15, -0.1) is 0 Å². The van der Waals surface area contributed by atoms with Gasteiger partial charge in [0.05, 0.1) is 6.08 Å². The molecule has 0 fully saturated rings. The molecule has 0 spiro atoms. The Morgan fingerprint density at radius 2 is 1.78 bits per heavy atom. The third-order valence-corrected chi connectivity index (χ3v) is 0.536. The third-order valence-electron chi connectivity index (χ3n) is 0.536. The van der Waals surface area contributed by atoms with Gasteiger partial charge in [-0.25, -0.2) is 4.79 Å². The van der Waals surface area contributed by atoms with Gasteiger partial charge < -0.3 is 20.4 Å². The molecule has 0 bridgehead atoms. The van der Waals surface area contributed by atoms with Crippen molar-refractivity contribution >= 4 is 5.97 Å².